The third-order valence-electron chi connectivity index (χ3n) is 3.18. The van der Waals surface area contributed by atoms with Crippen molar-refractivity contribution < 1.29 is 4.79 Å². The first-order valence-corrected chi connectivity index (χ1v) is 7.47. The van der Waals surface area contributed by atoms with E-state index in [0.29, 0.717) is 19.8 Å². The molecule has 0 aliphatic rings. The lowest BCUT2D eigenvalue weighted by Crippen LogP contribution is -2.11. The molecule has 0 saturated carbocycles. The van der Waals surface area contributed by atoms with Gasteiger partial charge in [0.25, 0.3) is 0 Å². The van der Waals surface area contributed by atoms with Gasteiger partial charge in [0.1, 0.15) is 10.3 Å². The molecule has 0 saturated heterocycles. The summed E-state index contributed by atoms with van der Waals surface area (Å²) in [6.45, 7) is 3.93. The molecule has 2 rings (SSSR count). The van der Waals surface area contributed by atoms with Crippen LogP contribution in [0.15, 0.2) is 24.3 Å². The third kappa shape index (κ3) is 2.88. The van der Waals surface area contributed by atoms with Gasteiger partial charge in [-0.05, 0) is 36.6 Å². The molecule has 102 valence electrons. The maximum atomic E-state index is 12.4. The van der Waals surface area contributed by atoms with Crippen molar-refractivity contribution in [1.29, 1.82) is 5.26 Å². The van der Waals surface area contributed by atoms with Crippen molar-refractivity contribution in [2.75, 3.05) is 0 Å². The Balaban J connectivity index is 2.42. The van der Waals surface area contributed by atoms with E-state index in [1.54, 1.807) is 6.07 Å². The quantitative estimate of drug-likeness (QED) is 0.732. The fraction of sp³-hybridized carbons (Fsp3) is 0.200. The minimum Gasteiger partial charge on any atom is -0.292 e. The highest BCUT2D eigenvalue weighted by Gasteiger charge is 2.25. The van der Waals surface area contributed by atoms with E-state index in [1.165, 1.54) is 6.07 Å². The molecule has 20 heavy (non-hydrogen) atoms. The van der Waals surface area contributed by atoms with E-state index in [1.807, 2.05) is 26.0 Å². The SMILES string of the molecule is Cc1ccc(C(C#N)C(=O)c2cc(Cl)sc2Cl)cc1C. The normalized spacial score (nSPS) is 11.9. The molecule has 0 amide bonds. The first-order valence-electron chi connectivity index (χ1n) is 5.90. The van der Waals surface area contributed by atoms with Crippen LogP contribution >= 0.6 is 34.5 Å². The van der Waals surface area contributed by atoms with Gasteiger partial charge in [0.05, 0.1) is 16.0 Å². The number of benzene rings is 1. The summed E-state index contributed by atoms with van der Waals surface area (Å²) >= 11 is 13.0. The molecular formula is C15H11Cl2NOS. The summed E-state index contributed by atoms with van der Waals surface area (Å²) in [6, 6.07) is 9.14. The van der Waals surface area contributed by atoms with E-state index in [9.17, 15) is 10.1 Å². The average Bonchev–Trinajstić information content (AvgIpc) is 2.73. The number of Topliss-reactive ketones (excluding diaryl/α,β-unsaturated/α-hetero) is 1. The van der Waals surface area contributed by atoms with Crippen molar-refractivity contribution in [3.8, 4) is 6.07 Å². The topological polar surface area (TPSA) is 40.9 Å². The summed E-state index contributed by atoms with van der Waals surface area (Å²) in [4.78, 5) is 12.4. The van der Waals surface area contributed by atoms with Crippen LogP contribution in [0, 0.1) is 25.2 Å². The number of hydrogen-bond donors (Lipinski definition) is 0. The number of halogens is 2. The highest BCUT2D eigenvalue weighted by Crippen LogP contribution is 2.34. The summed E-state index contributed by atoms with van der Waals surface area (Å²) in [5.41, 5.74) is 3.16. The minimum atomic E-state index is -0.863. The van der Waals surface area contributed by atoms with Crippen LogP contribution in [0.1, 0.15) is 33.0 Å². The van der Waals surface area contributed by atoms with E-state index in [2.05, 4.69) is 6.07 Å². The number of hydrogen-bond acceptors (Lipinski definition) is 3. The molecule has 0 spiro atoms. The van der Waals surface area contributed by atoms with Crippen LogP contribution < -0.4 is 0 Å². The first-order chi connectivity index (χ1) is 9.43. The van der Waals surface area contributed by atoms with Crippen molar-refractivity contribution in [3.05, 3.63) is 55.2 Å². The van der Waals surface area contributed by atoms with E-state index in [4.69, 9.17) is 23.2 Å². The number of aryl methyl sites for hydroxylation is 2. The molecule has 0 radical (unpaired) electrons. The molecule has 0 fully saturated rings. The van der Waals surface area contributed by atoms with Crippen LogP contribution in [-0.4, -0.2) is 5.78 Å². The van der Waals surface area contributed by atoms with Gasteiger partial charge in [-0.25, -0.2) is 0 Å². The zero-order valence-corrected chi connectivity index (χ0v) is 13.2. The second-order valence-corrected chi connectivity index (χ2v) is 6.79. The third-order valence-corrected chi connectivity index (χ3v) is 4.67. The highest BCUT2D eigenvalue weighted by molar-refractivity contribution is 7.20. The summed E-state index contributed by atoms with van der Waals surface area (Å²) < 4.78 is 0.763. The minimum absolute atomic E-state index is 0.312. The Morgan fingerprint density at radius 2 is 1.95 bits per heavy atom. The molecule has 1 aromatic heterocycles. The maximum Gasteiger partial charge on any atom is 0.186 e. The molecule has 1 heterocycles. The van der Waals surface area contributed by atoms with E-state index in [0.717, 1.165) is 22.5 Å². The number of thiophene rings is 1. The van der Waals surface area contributed by atoms with Gasteiger partial charge in [-0.2, -0.15) is 5.26 Å². The lowest BCUT2D eigenvalue weighted by atomic mass is 9.91. The summed E-state index contributed by atoms with van der Waals surface area (Å²) in [5.74, 6) is -1.18. The van der Waals surface area contributed by atoms with Gasteiger partial charge < -0.3 is 0 Å². The molecule has 1 atom stereocenters. The number of nitrogens with zero attached hydrogens (tertiary/aromatic N) is 1. The summed E-state index contributed by atoms with van der Waals surface area (Å²) in [7, 11) is 0. The number of ketones is 1. The van der Waals surface area contributed by atoms with Gasteiger partial charge in [-0.3, -0.25) is 4.79 Å². The molecule has 0 aliphatic carbocycles. The second kappa shape index (κ2) is 5.97. The number of carbonyl (C=O) groups excluding carboxylic acids is 1. The van der Waals surface area contributed by atoms with Crippen LogP contribution in [0.3, 0.4) is 0 Å². The van der Waals surface area contributed by atoms with Gasteiger partial charge in [-0.1, -0.05) is 41.4 Å². The monoisotopic (exact) mass is 323 g/mol. The number of carbonyl (C=O) groups is 1. The second-order valence-electron chi connectivity index (χ2n) is 4.51. The molecule has 2 aromatic rings. The number of nitriles is 1. The Bertz CT molecular complexity index is 715. The zero-order chi connectivity index (χ0) is 14.9. The van der Waals surface area contributed by atoms with Crippen molar-refractivity contribution >= 4 is 40.3 Å². The predicted octanol–water partition coefficient (Wildman–Crippen LogP) is 5.16. The Kier molecular flexibility index (Phi) is 4.49. The van der Waals surface area contributed by atoms with Gasteiger partial charge in [0, 0.05) is 0 Å². The van der Waals surface area contributed by atoms with Gasteiger partial charge >= 0.3 is 0 Å². The fourth-order valence-electron chi connectivity index (χ4n) is 1.89. The standard InChI is InChI=1S/C15H11Cl2NOS/c1-8-3-4-10(5-9(8)2)12(7-18)14(19)11-6-13(16)20-15(11)17/h3-6,12H,1-2H3. The fourth-order valence-corrected chi connectivity index (χ4v) is 3.37. The van der Waals surface area contributed by atoms with E-state index in [-0.39, 0.29) is 5.78 Å². The van der Waals surface area contributed by atoms with Crippen LogP contribution in [0.25, 0.3) is 0 Å². The molecule has 0 bridgehead atoms. The Morgan fingerprint density at radius 3 is 2.45 bits per heavy atom. The number of rotatable bonds is 3. The Labute approximate surface area is 131 Å². The van der Waals surface area contributed by atoms with Crippen LogP contribution in [0.2, 0.25) is 8.67 Å². The summed E-state index contributed by atoms with van der Waals surface area (Å²) in [5, 5.41) is 9.33. The lowest BCUT2D eigenvalue weighted by molar-refractivity contribution is 0.0979. The Morgan fingerprint density at radius 1 is 1.25 bits per heavy atom. The molecule has 5 heteroatoms. The zero-order valence-electron chi connectivity index (χ0n) is 10.9. The molecule has 0 aliphatic heterocycles. The predicted molar refractivity (Wildman–Crippen MR) is 82.9 cm³/mol. The van der Waals surface area contributed by atoms with Gasteiger partial charge in [0.15, 0.2) is 5.78 Å². The smallest absolute Gasteiger partial charge is 0.186 e. The van der Waals surface area contributed by atoms with Crippen molar-refractivity contribution in [2.45, 2.75) is 19.8 Å². The average molecular weight is 324 g/mol. The van der Waals surface area contributed by atoms with E-state index >= 15 is 0 Å². The summed E-state index contributed by atoms with van der Waals surface area (Å²) in [6.07, 6.45) is 0. The molecule has 1 unspecified atom stereocenters. The Hall–Kier alpha value is -1.34. The van der Waals surface area contributed by atoms with Crippen molar-refractivity contribution in [2.24, 2.45) is 0 Å². The lowest BCUT2D eigenvalue weighted by Gasteiger charge is -2.10. The van der Waals surface area contributed by atoms with Crippen molar-refractivity contribution in [1.82, 2.24) is 0 Å². The maximum absolute atomic E-state index is 12.4. The van der Waals surface area contributed by atoms with Gasteiger partial charge in [0.2, 0.25) is 0 Å². The van der Waals surface area contributed by atoms with Gasteiger partial charge in [-0.15, -0.1) is 11.3 Å². The molecular weight excluding hydrogens is 313 g/mol. The molecule has 1 aromatic carbocycles. The van der Waals surface area contributed by atoms with Crippen LogP contribution in [0.4, 0.5) is 0 Å². The van der Waals surface area contributed by atoms with Crippen molar-refractivity contribution in [3.63, 3.8) is 0 Å². The highest BCUT2D eigenvalue weighted by atomic mass is 35.5. The molecule has 2 nitrogen and oxygen atoms in total. The van der Waals surface area contributed by atoms with Crippen LogP contribution in [-0.2, 0) is 0 Å². The largest absolute Gasteiger partial charge is 0.292 e. The van der Waals surface area contributed by atoms with E-state index < -0.39 is 5.92 Å². The first kappa shape index (κ1) is 15.1. The molecule has 0 N–H and O–H groups in total. The van der Waals surface area contributed by atoms with Crippen LogP contribution in [0.5, 0.6) is 0 Å².